The van der Waals surface area contributed by atoms with E-state index in [0.29, 0.717) is 31.9 Å². The highest BCUT2D eigenvalue weighted by Gasteiger charge is 2.35. The van der Waals surface area contributed by atoms with Crippen molar-refractivity contribution < 1.29 is 14.3 Å². The second-order valence-corrected chi connectivity index (χ2v) is 9.26. The first-order valence-corrected chi connectivity index (χ1v) is 12.2. The molecule has 0 aliphatic carbocycles. The van der Waals surface area contributed by atoms with Gasteiger partial charge in [0, 0.05) is 27.7 Å². The van der Waals surface area contributed by atoms with E-state index in [1.165, 1.54) is 11.3 Å². The van der Waals surface area contributed by atoms with E-state index in [1.54, 1.807) is 25.5 Å². The van der Waals surface area contributed by atoms with Crippen molar-refractivity contribution in [3.05, 3.63) is 96.3 Å². The molecule has 35 heavy (non-hydrogen) atoms. The van der Waals surface area contributed by atoms with Crippen molar-refractivity contribution in [3.8, 4) is 5.75 Å². The molecule has 0 unspecified atom stereocenters. The molecule has 1 N–H and O–H groups in total. The average molecular weight is 488 g/mol. The third-order valence-corrected chi connectivity index (χ3v) is 7.15. The van der Waals surface area contributed by atoms with Crippen molar-refractivity contribution in [2.45, 2.75) is 26.8 Å². The maximum absolute atomic E-state index is 13.9. The van der Waals surface area contributed by atoms with Gasteiger partial charge in [0.15, 0.2) is 4.80 Å². The highest BCUT2D eigenvalue weighted by Crippen LogP contribution is 2.35. The number of aromatic amines is 1. The Bertz CT molecular complexity index is 1670. The lowest BCUT2D eigenvalue weighted by Gasteiger charge is -2.25. The Morgan fingerprint density at radius 2 is 1.91 bits per heavy atom. The summed E-state index contributed by atoms with van der Waals surface area (Å²) in [6.07, 6.45) is 1.90. The van der Waals surface area contributed by atoms with Crippen LogP contribution in [0.25, 0.3) is 17.0 Å². The van der Waals surface area contributed by atoms with Crippen LogP contribution in [0.1, 0.15) is 36.7 Å². The zero-order valence-corrected chi connectivity index (χ0v) is 20.7. The highest BCUT2D eigenvalue weighted by molar-refractivity contribution is 7.07. The molecule has 0 saturated heterocycles. The number of para-hydroxylation sites is 2. The number of thiazole rings is 1. The molecule has 2 aromatic carbocycles. The first kappa shape index (κ1) is 22.9. The van der Waals surface area contributed by atoms with Crippen LogP contribution in [0.3, 0.4) is 0 Å². The maximum Gasteiger partial charge on any atom is 0.338 e. The van der Waals surface area contributed by atoms with E-state index in [9.17, 15) is 9.59 Å². The van der Waals surface area contributed by atoms with Crippen molar-refractivity contribution in [1.82, 2.24) is 9.55 Å². The molecular weight excluding hydrogens is 462 g/mol. The number of hydrogen-bond acceptors (Lipinski definition) is 6. The van der Waals surface area contributed by atoms with Crippen LogP contribution in [0.5, 0.6) is 5.75 Å². The molecule has 5 rings (SSSR count). The van der Waals surface area contributed by atoms with Crippen molar-refractivity contribution in [2.24, 2.45) is 4.99 Å². The van der Waals surface area contributed by atoms with Gasteiger partial charge in [-0.15, -0.1) is 0 Å². The van der Waals surface area contributed by atoms with Gasteiger partial charge in [-0.1, -0.05) is 47.7 Å². The summed E-state index contributed by atoms with van der Waals surface area (Å²) < 4.78 is 13.1. The van der Waals surface area contributed by atoms with Gasteiger partial charge in [0.1, 0.15) is 11.8 Å². The minimum atomic E-state index is -0.715. The predicted molar refractivity (Wildman–Crippen MR) is 136 cm³/mol. The molecule has 3 heterocycles. The van der Waals surface area contributed by atoms with Crippen LogP contribution in [0, 0.1) is 6.92 Å². The number of nitrogens with one attached hydrogen (secondary N) is 1. The van der Waals surface area contributed by atoms with E-state index in [0.717, 1.165) is 22.2 Å². The topological polar surface area (TPSA) is 85.7 Å². The van der Waals surface area contributed by atoms with Crippen LogP contribution in [0.4, 0.5) is 0 Å². The maximum atomic E-state index is 13.9. The molecule has 178 valence electrons. The first-order valence-electron chi connectivity index (χ1n) is 11.3. The molecule has 8 heteroatoms. The number of ether oxygens (including phenoxy) is 2. The smallest absolute Gasteiger partial charge is 0.338 e. The van der Waals surface area contributed by atoms with Gasteiger partial charge in [-0.05, 0) is 39.0 Å². The molecule has 0 amide bonds. The number of carbonyl (C=O) groups excluding carboxylic acids is 1. The molecular formula is C27H25N3O4S. The molecule has 1 aliphatic rings. The summed E-state index contributed by atoms with van der Waals surface area (Å²) >= 11 is 1.31. The minimum Gasteiger partial charge on any atom is -0.496 e. The van der Waals surface area contributed by atoms with Gasteiger partial charge in [0.25, 0.3) is 5.56 Å². The summed E-state index contributed by atoms with van der Waals surface area (Å²) in [5, 5.41) is 1.04. The number of aromatic nitrogens is 2. The van der Waals surface area contributed by atoms with E-state index in [4.69, 9.17) is 9.47 Å². The number of rotatable bonds is 5. The summed E-state index contributed by atoms with van der Waals surface area (Å²) in [7, 11) is 1.57. The zero-order valence-electron chi connectivity index (χ0n) is 19.9. The van der Waals surface area contributed by atoms with E-state index >= 15 is 0 Å². The van der Waals surface area contributed by atoms with Gasteiger partial charge in [0.2, 0.25) is 0 Å². The standard InChI is InChI=1S/C27H25N3O4S/c1-5-34-26(32)23-16(3)29-27-30(24(23)18-11-7-9-13-21(18)33-4)25(31)22(35-27)14-19-15(2)28-20-12-8-6-10-17(19)20/h6-14,24,28H,5H2,1-4H3/b22-14-/t24-/m0/s1. The fourth-order valence-corrected chi connectivity index (χ4v) is 5.62. The Kier molecular flexibility index (Phi) is 5.90. The SMILES string of the molecule is CCOC(=O)C1=C(C)N=c2s/c(=C\c3c(C)[nH]c4ccccc34)c(=O)n2[C@H]1c1ccccc1OC. The second-order valence-electron chi connectivity index (χ2n) is 8.25. The summed E-state index contributed by atoms with van der Waals surface area (Å²) in [5.41, 5.74) is 4.28. The summed E-state index contributed by atoms with van der Waals surface area (Å²) in [6.45, 7) is 5.74. The van der Waals surface area contributed by atoms with Crippen LogP contribution in [-0.2, 0) is 9.53 Å². The lowest BCUT2D eigenvalue weighted by Crippen LogP contribution is -2.40. The van der Waals surface area contributed by atoms with E-state index in [1.807, 2.05) is 61.5 Å². The number of fused-ring (bicyclic) bond motifs is 2. The van der Waals surface area contributed by atoms with Crippen molar-refractivity contribution in [2.75, 3.05) is 13.7 Å². The third-order valence-electron chi connectivity index (χ3n) is 6.17. The third kappa shape index (κ3) is 3.80. The van der Waals surface area contributed by atoms with Gasteiger partial charge in [-0.25, -0.2) is 9.79 Å². The Hall–Kier alpha value is -3.91. The fourth-order valence-electron chi connectivity index (χ4n) is 4.59. The summed E-state index contributed by atoms with van der Waals surface area (Å²) in [4.78, 5) is 35.5. The molecule has 0 bridgehead atoms. The Morgan fingerprint density at radius 3 is 2.69 bits per heavy atom. The van der Waals surface area contributed by atoms with E-state index in [2.05, 4.69) is 9.98 Å². The number of allylic oxidation sites excluding steroid dienone is 1. The highest BCUT2D eigenvalue weighted by atomic mass is 32.1. The van der Waals surface area contributed by atoms with Crippen LogP contribution < -0.4 is 19.6 Å². The van der Waals surface area contributed by atoms with Gasteiger partial charge < -0.3 is 14.5 Å². The summed E-state index contributed by atoms with van der Waals surface area (Å²) in [6, 6.07) is 14.7. The molecule has 0 saturated carbocycles. The van der Waals surface area contributed by atoms with Crippen LogP contribution in [0.2, 0.25) is 0 Å². The number of esters is 1. The van der Waals surface area contributed by atoms with Crippen LogP contribution in [0.15, 0.2) is 69.6 Å². The van der Waals surface area contributed by atoms with Gasteiger partial charge >= 0.3 is 5.97 Å². The normalized spacial score (nSPS) is 15.8. The number of hydrogen-bond donors (Lipinski definition) is 1. The van der Waals surface area contributed by atoms with Crippen molar-refractivity contribution >= 4 is 34.3 Å². The quantitative estimate of drug-likeness (QED) is 0.436. The average Bonchev–Trinajstić information content (AvgIpc) is 3.34. The van der Waals surface area contributed by atoms with Crippen LogP contribution in [-0.4, -0.2) is 29.2 Å². The number of aryl methyl sites for hydroxylation is 1. The van der Waals surface area contributed by atoms with Gasteiger partial charge in [-0.3, -0.25) is 9.36 Å². The number of benzene rings is 2. The number of methoxy groups -OCH3 is 1. The Morgan fingerprint density at radius 1 is 1.17 bits per heavy atom. The lowest BCUT2D eigenvalue weighted by molar-refractivity contribution is -0.139. The first-order chi connectivity index (χ1) is 16.9. The van der Waals surface area contributed by atoms with Crippen LogP contribution >= 0.6 is 11.3 Å². The van der Waals surface area contributed by atoms with E-state index < -0.39 is 12.0 Å². The number of carbonyl (C=O) groups is 1. The zero-order chi connectivity index (χ0) is 24.7. The van der Waals surface area contributed by atoms with Gasteiger partial charge in [-0.2, -0.15) is 0 Å². The number of H-pyrrole nitrogens is 1. The Balaban J connectivity index is 1.79. The fraction of sp³-hybridized carbons (Fsp3) is 0.222. The molecule has 7 nitrogen and oxygen atoms in total. The molecule has 2 aromatic heterocycles. The van der Waals surface area contributed by atoms with Gasteiger partial charge in [0.05, 0.1) is 29.5 Å². The Labute approximate surface area is 205 Å². The molecule has 0 radical (unpaired) electrons. The number of nitrogens with zero attached hydrogens (tertiary/aromatic N) is 2. The molecule has 0 fully saturated rings. The summed E-state index contributed by atoms with van der Waals surface area (Å²) in [5.74, 6) is 0.0856. The monoisotopic (exact) mass is 487 g/mol. The van der Waals surface area contributed by atoms with Crippen molar-refractivity contribution in [1.29, 1.82) is 0 Å². The molecule has 1 aliphatic heterocycles. The molecule has 0 spiro atoms. The molecule has 1 atom stereocenters. The minimum absolute atomic E-state index is 0.219. The second kappa shape index (κ2) is 9.03. The largest absolute Gasteiger partial charge is 0.496 e. The van der Waals surface area contributed by atoms with Crippen molar-refractivity contribution in [3.63, 3.8) is 0 Å². The van der Waals surface area contributed by atoms with E-state index in [-0.39, 0.29) is 12.2 Å². The lowest BCUT2D eigenvalue weighted by atomic mass is 9.95. The molecule has 4 aromatic rings. The predicted octanol–water partition coefficient (Wildman–Crippen LogP) is 3.60.